The first kappa shape index (κ1) is 43.2. The fourth-order valence-electron chi connectivity index (χ4n) is 6.41. The Hall–Kier alpha value is -4.97. The van der Waals surface area contributed by atoms with Gasteiger partial charge in [0.25, 0.3) is 0 Å². The zero-order chi connectivity index (χ0) is 40.2. The first-order valence-electron chi connectivity index (χ1n) is 19.9. The fraction of sp³-hybridized carbons (Fsp3) is 0.391. The molecule has 1 aliphatic rings. The van der Waals surface area contributed by atoms with Crippen molar-refractivity contribution < 1.29 is 42.9 Å². The standard InChI is InChI=1S/C46H53NO9S/c1-3-5-7-21-31-47(32-22-8-6-4-2)57-46-41(55-45(51)37-29-19-12-20-30-37)40(54-44(50)36-27-17-11-18-28-36)39(56-46)38(53-43(49)35-25-15-10-16-26-35)33-52-42(48)34-23-13-9-14-24-34/h9-20,23-30,38-41,46H,3-8,21-22,31-33H2,1-2H3/t38-,39+,40+,41-,46?/m1/s1. The second kappa shape index (κ2) is 23.3. The maximum atomic E-state index is 13.9. The van der Waals surface area contributed by atoms with Crippen molar-refractivity contribution in [2.45, 2.75) is 95.1 Å². The number of benzene rings is 4. The summed E-state index contributed by atoms with van der Waals surface area (Å²) in [4.78, 5) is 54.7. The van der Waals surface area contributed by atoms with Crippen LogP contribution in [0.4, 0.5) is 0 Å². The molecule has 0 aliphatic carbocycles. The van der Waals surface area contributed by atoms with Crippen LogP contribution in [0.1, 0.15) is 107 Å². The highest BCUT2D eigenvalue weighted by atomic mass is 32.2. The SMILES string of the molecule is CCCCCCN(CCCCCC)SC1O[C@@H]([C@@H](COC(=O)c2ccccc2)OC(=O)c2ccccc2)[C@H](OC(=O)c2ccccc2)[C@H]1OC(=O)c1ccccc1. The van der Waals surface area contributed by atoms with E-state index in [1.54, 1.807) is 121 Å². The molecule has 1 saturated heterocycles. The van der Waals surface area contributed by atoms with E-state index in [1.807, 2.05) is 0 Å². The summed E-state index contributed by atoms with van der Waals surface area (Å²) >= 11 is 1.39. The Morgan fingerprint density at radius 1 is 0.561 bits per heavy atom. The van der Waals surface area contributed by atoms with Crippen molar-refractivity contribution in [1.82, 2.24) is 4.31 Å². The van der Waals surface area contributed by atoms with Crippen LogP contribution >= 0.6 is 11.9 Å². The molecule has 0 aromatic heterocycles. The van der Waals surface area contributed by atoms with Crippen molar-refractivity contribution in [2.75, 3.05) is 19.7 Å². The van der Waals surface area contributed by atoms with Gasteiger partial charge in [0.15, 0.2) is 23.7 Å². The molecule has 10 nitrogen and oxygen atoms in total. The van der Waals surface area contributed by atoms with Gasteiger partial charge in [0.05, 0.1) is 22.3 Å². The Bertz CT molecular complexity index is 1800. The molecular weight excluding hydrogens is 743 g/mol. The lowest BCUT2D eigenvalue weighted by atomic mass is 10.1. The van der Waals surface area contributed by atoms with Gasteiger partial charge in [-0.05, 0) is 73.3 Å². The number of hydrogen-bond acceptors (Lipinski definition) is 11. The number of nitrogens with zero attached hydrogens (tertiary/aromatic N) is 1. The zero-order valence-electron chi connectivity index (χ0n) is 32.7. The summed E-state index contributed by atoms with van der Waals surface area (Å²) in [5.74, 6) is -2.67. The van der Waals surface area contributed by atoms with Crippen molar-refractivity contribution in [3.63, 3.8) is 0 Å². The van der Waals surface area contributed by atoms with Crippen LogP contribution in [0.5, 0.6) is 0 Å². The van der Waals surface area contributed by atoms with Crippen molar-refractivity contribution >= 4 is 35.8 Å². The molecule has 0 spiro atoms. The van der Waals surface area contributed by atoms with Gasteiger partial charge in [-0.25, -0.2) is 23.5 Å². The smallest absolute Gasteiger partial charge is 0.338 e. The molecule has 0 amide bonds. The highest BCUT2D eigenvalue weighted by Crippen LogP contribution is 2.39. The van der Waals surface area contributed by atoms with E-state index in [4.69, 9.17) is 23.7 Å². The second-order valence-corrected chi connectivity index (χ2v) is 15.1. The molecule has 11 heteroatoms. The lowest BCUT2D eigenvalue weighted by molar-refractivity contribution is -0.0900. The third-order valence-corrected chi connectivity index (χ3v) is 10.8. The summed E-state index contributed by atoms with van der Waals surface area (Å²) in [5, 5.41) is 0. The highest BCUT2D eigenvalue weighted by Gasteiger charge is 2.55. The van der Waals surface area contributed by atoms with Crippen molar-refractivity contribution in [1.29, 1.82) is 0 Å². The Morgan fingerprint density at radius 3 is 1.44 bits per heavy atom. The van der Waals surface area contributed by atoms with Crippen LogP contribution in [0.25, 0.3) is 0 Å². The molecule has 4 aromatic carbocycles. The van der Waals surface area contributed by atoms with E-state index < -0.39 is 60.3 Å². The number of hydrogen-bond donors (Lipinski definition) is 0. The van der Waals surface area contributed by atoms with Gasteiger partial charge in [-0.3, -0.25) is 0 Å². The Balaban J connectivity index is 1.53. The van der Waals surface area contributed by atoms with E-state index >= 15 is 0 Å². The minimum absolute atomic E-state index is 0.260. The van der Waals surface area contributed by atoms with Crippen molar-refractivity contribution in [2.24, 2.45) is 0 Å². The number of ether oxygens (including phenoxy) is 5. The molecule has 57 heavy (non-hydrogen) atoms. The maximum Gasteiger partial charge on any atom is 0.338 e. The number of carbonyl (C=O) groups is 4. The molecule has 1 aliphatic heterocycles. The second-order valence-electron chi connectivity index (χ2n) is 13.9. The van der Waals surface area contributed by atoms with Gasteiger partial charge in [-0.1, -0.05) is 125 Å². The van der Waals surface area contributed by atoms with E-state index in [-0.39, 0.29) is 11.1 Å². The van der Waals surface area contributed by atoms with Crippen LogP contribution in [0.15, 0.2) is 121 Å². The molecule has 5 atom stereocenters. The summed E-state index contributed by atoms with van der Waals surface area (Å²) in [6.07, 6.45) is 3.51. The molecule has 0 bridgehead atoms. The summed E-state index contributed by atoms with van der Waals surface area (Å²) in [6, 6.07) is 33.9. The average Bonchev–Trinajstić information content (AvgIpc) is 3.58. The van der Waals surface area contributed by atoms with Gasteiger partial charge >= 0.3 is 23.9 Å². The van der Waals surface area contributed by atoms with Crippen LogP contribution in [-0.2, 0) is 23.7 Å². The summed E-state index contributed by atoms with van der Waals surface area (Å²) in [7, 11) is 0. The number of esters is 4. The molecule has 1 heterocycles. The minimum atomic E-state index is -1.29. The Labute approximate surface area is 340 Å². The highest BCUT2D eigenvalue weighted by molar-refractivity contribution is 7.97. The van der Waals surface area contributed by atoms with Crippen LogP contribution in [0.2, 0.25) is 0 Å². The maximum absolute atomic E-state index is 13.9. The van der Waals surface area contributed by atoms with E-state index in [2.05, 4.69) is 18.2 Å². The van der Waals surface area contributed by atoms with Gasteiger partial charge in [-0.15, -0.1) is 0 Å². The predicted octanol–water partition coefficient (Wildman–Crippen LogP) is 9.36. The Morgan fingerprint density at radius 2 is 0.982 bits per heavy atom. The summed E-state index contributed by atoms with van der Waals surface area (Å²) < 4.78 is 33.4. The topological polar surface area (TPSA) is 118 Å². The zero-order valence-corrected chi connectivity index (χ0v) is 33.6. The molecule has 5 rings (SSSR count). The van der Waals surface area contributed by atoms with E-state index in [0.29, 0.717) is 11.1 Å². The lowest BCUT2D eigenvalue weighted by Gasteiger charge is -2.29. The van der Waals surface area contributed by atoms with Crippen LogP contribution in [0, 0.1) is 0 Å². The quantitative estimate of drug-likeness (QED) is 0.0328. The van der Waals surface area contributed by atoms with Gasteiger partial charge in [-0.2, -0.15) is 0 Å². The summed E-state index contributed by atoms with van der Waals surface area (Å²) in [6.45, 7) is 5.42. The number of unbranched alkanes of at least 4 members (excludes halogenated alkanes) is 6. The monoisotopic (exact) mass is 795 g/mol. The van der Waals surface area contributed by atoms with Crippen LogP contribution in [-0.4, -0.2) is 77.7 Å². The number of rotatable bonds is 22. The number of carbonyl (C=O) groups excluding carboxylic acids is 4. The predicted molar refractivity (Wildman–Crippen MR) is 220 cm³/mol. The Kier molecular flexibility index (Phi) is 17.6. The van der Waals surface area contributed by atoms with Crippen LogP contribution < -0.4 is 0 Å². The van der Waals surface area contributed by atoms with E-state index in [0.717, 1.165) is 64.5 Å². The average molecular weight is 796 g/mol. The minimum Gasteiger partial charge on any atom is -0.458 e. The molecule has 0 saturated carbocycles. The normalized spacial score (nSPS) is 18.1. The van der Waals surface area contributed by atoms with Crippen LogP contribution in [0.3, 0.4) is 0 Å². The first-order valence-corrected chi connectivity index (χ1v) is 20.8. The van der Waals surface area contributed by atoms with Gasteiger partial charge in [0.1, 0.15) is 12.7 Å². The molecule has 1 fully saturated rings. The molecule has 1 unspecified atom stereocenters. The summed E-state index contributed by atoms with van der Waals surface area (Å²) in [5.41, 5.74) is 0.238. The van der Waals surface area contributed by atoms with Crippen molar-refractivity contribution in [3.8, 4) is 0 Å². The van der Waals surface area contributed by atoms with E-state index in [1.165, 1.54) is 11.9 Å². The molecule has 302 valence electrons. The van der Waals surface area contributed by atoms with Gasteiger partial charge in [0.2, 0.25) is 0 Å². The molecule has 0 N–H and O–H groups in total. The fourth-order valence-corrected chi connectivity index (χ4v) is 7.68. The molecular formula is C46H53NO9S. The largest absolute Gasteiger partial charge is 0.458 e. The molecule has 4 aromatic rings. The molecule has 0 radical (unpaired) electrons. The third-order valence-electron chi connectivity index (χ3n) is 9.51. The lowest BCUT2D eigenvalue weighted by Crippen LogP contribution is -2.47. The van der Waals surface area contributed by atoms with Crippen molar-refractivity contribution in [3.05, 3.63) is 144 Å². The third kappa shape index (κ3) is 13.3. The van der Waals surface area contributed by atoms with Gasteiger partial charge < -0.3 is 23.7 Å². The van der Waals surface area contributed by atoms with Gasteiger partial charge in [0, 0.05) is 13.1 Å². The first-order chi connectivity index (χ1) is 27.9. The van der Waals surface area contributed by atoms with E-state index in [9.17, 15) is 19.2 Å².